The molecule has 2 nitrogen and oxygen atoms in total. The molecule has 0 saturated carbocycles. The zero-order valence-corrected chi connectivity index (χ0v) is 9.80. The maximum atomic E-state index is 13.5. The molecule has 1 fully saturated rings. The normalized spacial score (nSPS) is 20.2. The van der Waals surface area contributed by atoms with Crippen molar-refractivity contribution in [3.05, 3.63) is 29.6 Å². The number of aliphatic hydroxyl groups excluding tert-OH is 1. The smallest absolute Gasteiger partial charge is 0.137 e. The summed E-state index contributed by atoms with van der Waals surface area (Å²) in [5.41, 5.74) is 0.610. The van der Waals surface area contributed by atoms with Gasteiger partial charge in [-0.05, 0) is 30.5 Å². The van der Waals surface area contributed by atoms with Gasteiger partial charge in [0.15, 0.2) is 0 Å². The SMILES string of the molecule is OCc1ccc(SCC2CCCO2)c(F)c1. The van der Waals surface area contributed by atoms with Gasteiger partial charge in [0, 0.05) is 17.3 Å². The van der Waals surface area contributed by atoms with Crippen LogP contribution < -0.4 is 0 Å². The highest BCUT2D eigenvalue weighted by Gasteiger charge is 2.16. The number of hydrogen-bond donors (Lipinski definition) is 1. The van der Waals surface area contributed by atoms with Gasteiger partial charge < -0.3 is 9.84 Å². The first-order chi connectivity index (χ1) is 7.79. The number of hydrogen-bond acceptors (Lipinski definition) is 3. The molecule has 16 heavy (non-hydrogen) atoms. The van der Waals surface area contributed by atoms with Gasteiger partial charge >= 0.3 is 0 Å². The Hall–Kier alpha value is -0.580. The zero-order valence-electron chi connectivity index (χ0n) is 8.99. The van der Waals surface area contributed by atoms with Crippen molar-refractivity contribution in [2.45, 2.75) is 30.4 Å². The zero-order chi connectivity index (χ0) is 11.4. The molecule has 4 heteroatoms. The highest BCUT2D eigenvalue weighted by atomic mass is 32.2. The van der Waals surface area contributed by atoms with E-state index in [1.54, 1.807) is 12.1 Å². The molecule has 1 aliphatic heterocycles. The largest absolute Gasteiger partial charge is 0.392 e. The molecular weight excluding hydrogens is 227 g/mol. The molecule has 1 unspecified atom stereocenters. The number of thioether (sulfide) groups is 1. The monoisotopic (exact) mass is 242 g/mol. The van der Waals surface area contributed by atoms with Crippen molar-refractivity contribution in [3.63, 3.8) is 0 Å². The average Bonchev–Trinajstić information content (AvgIpc) is 2.80. The van der Waals surface area contributed by atoms with E-state index >= 15 is 0 Å². The van der Waals surface area contributed by atoms with Crippen LogP contribution in [-0.2, 0) is 11.3 Å². The molecule has 0 amide bonds. The lowest BCUT2D eigenvalue weighted by Crippen LogP contribution is -2.07. The third-order valence-corrected chi connectivity index (χ3v) is 3.81. The fourth-order valence-electron chi connectivity index (χ4n) is 1.72. The van der Waals surface area contributed by atoms with Gasteiger partial charge in [-0.2, -0.15) is 0 Å². The summed E-state index contributed by atoms with van der Waals surface area (Å²) in [7, 11) is 0. The lowest BCUT2D eigenvalue weighted by Gasteiger charge is -2.09. The Kier molecular flexibility index (Phi) is 4.21. The van der Waals surface area contributed by atoms with Crippen LogP contribution in [0.3, 0.4) is 0 Å². The van der Waals surface area contributed by atoms with E-state index < -0.39 is 0 Å². The fraction of sp³-hybridized carbons (Fsp3) is 0.500. The second-order valence-corrected chi connectivity index (χ2v) is 4.93. The van der Waals surface area contributed by atoms with Crippen molar-refractivity contribution >= 4 is 11.8 Å². The van der Waals surface area contributed by atoms with E-state index in [1.807, 2.05) is 0 Å². The number of halogens is 1. The van der Waals surface area contributed by atoms with E-state index in [0.29, 0.717) is 10.5 Å². The van der Waals surface area contributed by atoms with Crippen LogP contribution in [0, 0.1) is 5.82 Å². The molecule has 1 saturated heterocycles. The summed E-state index contributed by atoms with van der Waals surface area (Å²) >= 11 is 1.48. The molecular formula is C12H15FO2S. The van der Waals surface area contributed by atoms with E-state index in [1.165, 1.54) is 17.8 Å². The summed E-state index contributed by atoms with van der Waals surface area (Å²) in [4.78, 5) is 0.632. The van der Waals surface area contributed by atoms with Crippen LogP contribution >= 0.6 is 11.8 Å². The molecule has 1 aromatic rings. The van der Waals surface area contributed by atoms with Crippen LogP contribution in [-0.4, -0.2) is 23.6 Å². The molecule has 1 heterocycles. The summed E-state index contributed by atoms with van der Waals surface area (Å²) in [5.74, 6) is 0.546. The highest BCUT2D eigenvalue weighted by Crippen LogP contribution is 2.26. The molecule has 1 aromatic carbocycles. The van der Waals surface area contributed by atoms with Gasteiger partial charge in [0.25, 0.3) is 0 Å². The topological polar surface area (TPSA) is 29.5 Å². The summed E-state index contributed by atoms with van der Waals surface area (Å²) in [6.07, 6.45) is 2.45. The molecule has 0 radical (unpaired) electrons. The molecule has 1 atom stereocenters. The molecule has 88 valence electrons. The van der Waals surface area contributed by atoms with Crippen molar-refractivity contribution in [2.24, 2.45) is 0 Å². The molecule has 1 N–H and O–H groups in total. The number of aliphatic hydroxyl groups is 1. The molecule has 2 rings (SSSR count). The number of rotatable bonds is 4. The second kappa shape index (κ2) is 5.66. The van der Waals surface area contributed by atoms with Crippen LogP contribution in [0.15, 0.2) is 23.1 Å². The molecule has 0 aromatic heterocycles. The van der Waals surface area contributed by atoms with Crippen molar-refractivity contribution < 1.29 is 14.2 Å². The van der Waals surface area contributed by atoms with E-state index in [2.05, 4.69) is 0 Å². The van der Waals surface area contributed by atoms with Crippen molar-refractivity contribution in [2.75, 3.05) is 12.4 Å². The van der Waals surface area contributed by atoms with Crippen LogP contribution in [0.1, 0.15) is 18.4 Å². The van der Waals surface area contributed by atoms with Gasteiger partial charge in [0.1, 0.15) is 5.82 Å². The molecule has 0 bridgehead atoms. The van der Waals surface area contributed by atoms with Gasteiger partial charge in [0.2, 0.25) is 0 Å². The Morgan fingerprint density at radius 2 is 2.38 bits per heavy atom. The predicted molar refractivity (Wildman–Crippen MR) is 62.0 cm³/mol. The molecule has 0 spiro atoms. The maximum Gasteiger partial charge on any atom is 0.137 e. The predicted octanol–water partition coefficient (Wildman–Crippen LogP) is 2.59. The summed E-state index contributed by atoms with van der Waals surface area (Å²) in [6.45, 7) is 0.713. The highest BCUT2D eigenvalue weighted by molar-refractivity contribution is 7.99. The van der Waals surface area contributed by atoms with Crippen LogP contribution in [0.4, 0.5) is 4.39 Å². The second-order valence-electron chi connectivity index (χ2n) is 3.87. The Balaban J connectivity index is 1.93. The van der Waals surface area contributed by atoms with E-state index in [9.17, 15) is 4.39 Å². The minimum Gasteiger partial charge on any atom is -0.392 e. The average molecular weight is 242 g/mol. The van der Waals surface area contributed by atoms with Crippen LogP contribution in [0.2, 0.25) is 0 Å². The first-order valence-corrected chi connectivity index (χ1v) is 6.42. The Bertz CT molecular complexity index is 351. The van der Waals surface area contributed by atoms with E-state index in [0.717, 1.165) is 25.2 Å². The number of ether oxygens (including phenoxy) is 1. The minimum atomic E-state index is -0.255. The summed E-state index contributed by atoms with van der Waals surface area (Å²) in [6, 6.07) is 4.86. The van der Waals surface area contributed by atoms with Gasteiger partial charge in [-0.1, -0.05) is 6.07 Å². The third-order valence-electron chi connectivity index (χ3n) is 2.63. The summed E-state index contributed by atoms with van der Waals surface area (Å²) < 4.78 is 19.0. The van der Waals surface area contributed by atoms with Gasteiger partial charge in [0.05, 0.1) is 12.7 Å². The van der Waals surface area contributed by atoms with Gasteiger partial charge in [-0.3, -0.25) is 0 Å². The van der Waals surface area contributed by atoms with Crippen molar-refractivity contribution in [3.8, 4) is 0 Å². The van der Waals surface area contributed by atoms with Crippen LogP contribution in [0.5, 0.6) is 0 Å². The minimum absolute atomic E-state index is 0.117. The van der Waals surface area contributed by atoms with Crippen molar-refractivity contribution in [1.82, 2.24) is 0 Å². The summed E-state index contributed by atoms with van der Waals surface area (Å²) in [5, 5.41) is 8.86. The van der Waals surface area contributed by atoms with E-state index in [-0.39, 0.29) is 18.5 Å². The first kappa shape index (κ1) is 11.9. The molecule has 1 aliphatic rings. The quantitative estimate of drug-likeness (QED) is 0.823. The number of benzene rings is 1. The maximum absolute atomic E-state index is 13.5. The van der Waals surface area contributed by atoms with Gasteiger partial charge in [-0.15, -0.1) is 11.8 Å². The molecule has 0 aliphatic carbocycles. The first-order valence-electron chi connectivity index (χ1n) is 5.43. The Morgan fingerprint density at radius 3 is 3.00 bits per heavy atom. The van der Waals surface area contributed by atoms with Crippen LogP contribution in [0.25, 0.3) is 0 Å². The third kappa shape index (κ3) is 2.97. The standard InChI is InChI=1S/C12H15FO2S/c13-11-6-9(7-14)3-4-12(11)16-8-10-2-1-5-15-10/h3-4,6,10,14H,1-2,5,7-8H2. The van der Waals surface area contributed by atoms with Gasteiger partial charge in [-0.25, -0.2) is 4.39 Å². The fourth-order valence-corrected chi connectivity index (χ4v) is 2.71. The van der Waals surface area contributed by atoms with E-state index in [4.69, 9.17) is 9.84 Å². The van der Waals surface area contributed by atoms with Crippen molar-refractivity contribution in [1.29, 1.82) is 0 Å². The lowest BCUT2D eigenvalue weighted by atomic mass is 10.2. The Morgan fingerprint density at radius 1 is 1.50 bits per heavy atom. The Labute approximate surface area is 98.8 Å². The lowest BCUT2D eigenvalue weighted by molar-refractivity contribution is 0.129.